The Hall–Kier alpha value is -0.930. The lowest BCUT2D eigenvalue weighted by Crippen LogP contribution is -2.28. The van der Waals surface area contributed by atoms with Crippen molar-refractivity contribution in [3.63, 3.8) is 0 Å². The van der Waals surface area contributed by atoms with Crippen LogP contribution in [0.4, 0.5) is 11.4 Å². The SMILES string of the molecule is CCN(CC)CCNc1cccc(Cl)c1N. The zero-order valence-electron chi connectivity index (χ0n) is 9.96. The summed E-state index contributed by atoms with van der Waals surface area (Å²) in [5.41, 5.74) is 7.40. The molecule has 1 aromatic rings. The molecule has 0 heterocycles. The van der Waals surface area contributed by atoms with Crippen LogP contribution in [0.3, 0.4) is 0 Å². The average molecular weight is 242 g/mol. The molecule has 0 radical (unpaired) electrons. The molecule has 0 aliphatic carbocycles. The van der Waals surface area contributed by atoms with E-state index in [2.05, 4.69) is 24.1 Å². The molecule has 3 N–H and O–H groups in total. The van der Waals surface area contributed by atoms with Gasteiger partial charge in [0.15, 0.2) is 0 Å². The molecule has 0 bridgehead atoms. The normalized spacial score (nSPS) is 10.8. The molecule has 0 aliphatic rings. The Morgan fingerprint density at radius 3 is 2.62 bits per heavy atom. The summed E-state index contributed by atoms with van der Waals surface area (Å²) in [6.45, 7) is 8.37. The van der Waals surface area contributed by atoms with Crippen molar-refractivity contribution in [1.82, 2.24) is 4.90 Å². The van der Waals surface area contributed by atoms with Crippen LogP contribution in [0, 0.1) is 0 Å². The van der Waals surface area contributed by atoms with Crippen LogP contribution < -0.4 is 11.1 Å². The van der Waals surface area contributed by atoms with Crippen LogP contribution in [0.2, 0.25) is 5.02 Å². The van der Waals surface area contributed by atoms with Crippen LogP contribution in [0.5, 0.6) is 0 Å². The van der Waals surface area contributed by atoms with Gasteiger partial charge in [-0.3, -0.25) is 0 Å². The highest BCUT2D eigenvalue weighted by Crippen LogP contribution is 2.26. The Bertz CT molecular complexity index is 324. The summed E-state index contributed by atoms with van der Waals surface area (Å²) in [4.78, 5) is 2.35. The number of hydrogen-bond acceptors (Lipinski definition) is 3. The second-order valence-electron chi connectivity index (χ2n) is 3.65. The molecule has 0 aliphatic heterocycles. The van der Waals surface area contributed by atoms with Crippen LogP contribution in [-0.4, -0.2) is 31.1 Å². The molecule has 0 aromatic heterocycles. The van der Waals surface area contributed by atoms with E-state index in [1.807, 2.05) is 12.1 Å². The molecule has 4 heteroatoms. The Balaban J connectivity index is 2.46. The minimum atomic E-state index is 0.604. The van der Waals surface area contributed by atoms with Crippen LogP contribution in [0.25, 0.3) is 0 Å². The molecule has 90 valence electrons. The molecule has 1 aromatic carbocycles. The number of nitrogen functional groups attached to an aromatic ring is 1. The molecule has 0 spiro atoms. The van der Waals surface area contributed by atoms with Gasteiger partial charge in [-0.25, -0.2) is 0 Å². The van der Waals surface area contributed by atoms with Gasteiger partial charge in [-0.1, -0.05) is 31.5 Å². The van der Waals surface area contributed by atoms with Gasteiger partial charge in [0.05, 0.1) is 16.4 Å². The minimum absolute atomic E-state index is 0.604. The molecule has 16 heavy (non-hydrogen) atoms. The lowest BCUT2D eigenvalue weighted by atomic mass is 10.2. The first-order valence-electron chi connectivity index (χ1n) is 5.69. The summed E-state index contributed by atoms with van der Waals surface area (Å²) in [6.07, 6.45) is 0. The second kappa shape index (κ2) is 6.61. The van der Waals surface area contributed by atoms with Gasteiger partial charge in [0.1, 0.15) is 0 Å². The fourth-order valence-electron chi connectivity index (χ4n) is 1.58. The fourth-order valence-corrected chi connectivity index (χ4v) is 1.75. The van der Waals surface area contributed by atoms with Gasteiger partial charge >= 0.3 is 0 Å². The van der Waals surface area contributed by atoms with Crippen LogP contribution in [0.1, 0.15) is 13.8 Å². The molecule has 0 saturated heterocycles. The number of nitrogens with zero attached hydrogens (tertiary/aromatic N) is 1. The number of rotatable bonds is 6. The first-order valence-corrected chi connectivity index (χ1v) is 6.07. The third kappa shape index (κ3) is 3.58. The van der Waals surface area contributed by atoms with Gasteiger partial charge in [-0.05, 0) is 25.2 Å². The monoisotopic (exact) mass is 241 g/mol. The maximum absolute atomic E-state index is 5.93. The summed E-state index contributed by atoms with van der Waals surface area (Å²) in [5.74, 6) is 0. The zero-order valence-corrected chi connectivity index (χ0v) is 10.7. The Morgan fingerprint density at radius 1 is 1.31 bits per heavy atom. The number of benzene rings is 1. The lowest BCUT2D eigenvalue weighted by molar-refractivity contribution is 0.316. The Kier molecular flexibility index (Phi) is 5.43. The first-order chi connectivity index (χ1) is 7.69. The van der Waals surface area contributed by atoms with Gasteiger partial charge in [-0.15, -0.1) is 0 Å². The molecule has 1 rings (SSSR count). The quantitative estimate of drug-likeness (QED) is 0.753. The van der Waals surface area contributed by atoms with E-state index in [0.29, 0.717) is 10.7 Å². The highest BCUT2D eigenvalue weighted by atomic mass is 35.5. The van der Waals surface area contributed by atoms with Crippen molar-refractivity contribution in [2.75, 3.05) is 37.2 Å². The Morgan fingerprint density at radius 2 is 2.00 bits per heavy atom. The summed E-state index contributed by atoms with van der Waals surface area (Å²) in [6, 6.07) is 5.65. The van der Waals surface area contributed by atoms with E-state index in [9.17, 15) is 0 Å². The number of likely N-dealkylation sites (N-methyl/N-ethyl adjacent to an activating group) is 1. The van der Waals surface area contributed by atoms with Crippen molar-refractivity contribution in [2.45, 2.75) is 13.8 Å². The predicted octanol–water partition coefficient (Wildman–Crippen LogP) is 2.68. The van der Waals surface area contributed by atoms with E-state index in [1.54, 1.807) is 6.07 Å². The maximum Gasteiger partial charge on any atom is 0.0739 e. The van der Waals surface area contributed by atoms with Crippen molar-refractivity contribution in [3.8, 4) is 0 Å². The highest BCUT2D eigenvalue weighted by molar-refractivity contribution is 6.33. The van der Waals surface area contributed by atoms with E-state index in [0.717, 1.165) is 31.9 Å². The van der Waals surface area contributed by atoms with E-state index in [4.69, 9.17) is 17.3 Å². The maximum atomic E-state index is 5.93. The van der Waals surface area contributed by atoms with Crippen molar-refractivity contribution < 1.29 is 0 Å². The van der Waals surface area contributed by atoms with E-state index >= 15 is 0 Å². The molecule has 0 saturated carbocycles. The lowest BCUT2D eigenvalue weighted by Gasteiger charge is -2.19. The fraction of sp³-hybridized carbons (Fsp3) is 0.500. The first kappa shape index (κ1) is 13.1. The molecule has 0 fully saturated rings. The molecular formula is C12H20ClN3. The largest absolute Gasteiger partial charge is 0.396 e. The number of halogens is 1. The topological polar surface area (TPSA) is 41.3 Å². The van der Waals surface area contributed by atoms with Gasteiger partial charge in [0.25, 0.3) is 0 Å². The number of para-hydroxylation sites is 1. The molecule has 0 amide bonds. The van der Waals surface area contributed by atoms with Gasteiger partial charge in [0, 0.05) is 13.1 Å². The molecule has 3 nitrogen and oxygen atoms in total. The molecular weight excluding hydrogens is 222 g/mol. The van der Waals surface area contributed by atoms with Crippen LogP contribution in [0.15, 0.2) is 18.2 Å². The van der Waals surface area contributed by atoms with Gasteiger partial charge < -0.3 is 16.0 Å². The van der Waals surface area contributed by atoms with E-state index in [1.165, 1.54) is 0 Å². The zero-order chi connectivity index (χ0) is 12.0. The van der Waals surface area contributed by atoms with E-state index in [-0.39, 0.29) is 0 Å². The molecule has 0 atom stereocenters. The summed E-state index contributed by atoms with van der Waals surface area (Å²) in [7, 11) is 0. The summed E-state index contributed by atoms with van der Waals surface area (Å²) >= 11 is 5.93. The second-order valence-corrected chi connectivity index (χ2v) is 4.06. The standard InChI is InChI=1S/C12H20ClN3/c1-3-16(4-2)9-8-15-11-7-5-6-10(13)12(11)14/h5-7,15H,3-4,8-9,14H2,1-2H3. The smallest absolute Gasteiger partial charge is 0.0739 e. The number of nitrogens with one attached hydrogen (secondary N) is 1. The van der Waals surface area contributed by atoms with Crippen molar-refractivity contribution in [2.24, 2.45) is 0 Å². The Labute approximate surface area is 103 Å². The summed E-state index contributed by atoms with van der Waals surface area (Å²) in [5, 5.41) is 3.91. The minimum Gasteiger partial charge on any atom is -0.396 e. The number of hydrogen-bond donors (Lipinski definition) is 2. The molecule has 0 unspecified atom stereocenters. The highest BCUT2D eigenvalue weighted by Gasteiger charge is 2.03. The third-order valence-corrected chi connectivity index (χ3v) is 3.02. The van der Waals surface area contributed by atoms with Crippen molar-refractivity contribution in [3.05, 3.63) is 23.2 Å². The number of nitrogens with two attached hydrogens (primary N) is 1. The van der Waals surface area contributed by atoms with Crippen LogP contribution >= 0.6 is 11.6 Å². The summed E-state index contributed by atoms with van der Waals surface area (Å²) < 4.78 is 0. The van der Waals surface area contributed by atoms with E-state index < -0.39 is 0 Å². The van der Waals surface area contributed by atoms with Gasteiger partial charge in [-0.2, -0.15) is 0 Å². The predicted molar refractivity (Wildman–Crippen MR) is 72.1 cm³/mol. The van der Waals surface area contributed by atoms with Crippen molar-refractivity contribution >= 4 is 23.0 Å². The van der Waals surface area contributed by atoms with Crippen LogP contribution in [-0.2, 0) is 0 Å². The van der Waals surface area contributed by atoms with Gasteiger partial charge in [0.2, 0.25) is 0 Å². The third-order valence-electron chi connectivity index (χ3n) is 2.69. The average Bonchev–Trinajstić information content (AvgIpc) is 2.30. The van der Waals surface area contributed by atoms with Crippen molar-refractivity contribution in [1.29, 1.82) is 0 Å². The number of anilines is 2.